The predicted molar refractivity (Wildman–Crippen MR) is 116 cm³/mol. The Bertz CT molecular complexity index is 903. The fourth-order valence-corrected chi connectivity index (χ4v) is 4.49. The van der Waals surface area contributed by atoms with Crippen molar-refractivity contribution in [2.24, 2.45) is 17.1 Å². The zero-order chi connectivity index (χ0) is 20.3. The third-order valence-electron chi connectivity index (χ3n) is 5.34. The number of hydrogen-bond donors (Lipinski definition) is 2. The molecule has 0 saturated heterocycles. The van der Waals surface area contributed by atoms with Crippen LogP contribution in [0, 0.1) is 11.3 Å². The number of nitrogens with two attached hydrogens (primary N) is 1. The van der Waals surface area contributed by atoms with Gasteiger partial charge in [0.25, 0.3) is 0 Å². The highest BCUT2D eigenvalue weighted by atomic mass is 16.3. The molecule has 146 valence electrons. The molecule has 28 heavy (non-hydrogen) atoms. The van der Waals surface area contributed by atoms with Crippen LogP contribution in [0.3, 0.4) is 0 Å². The highest BCUT2D eigenvalue weighted by Gasteiger charge is 2.30. The molecule has 2 aromatic rings. The van der Waals surface area contributed by atoms with E-state index in [1.807, 2.05) is 24.3 Å². The Morgan fingerprint density at radius 2 is 1.64 bits per heavy atom. The van der Waals surface area contributed by atoms with E-state index in [0.717, 1.165) is 29.5 Å². The second-order valence-electron chi connectivity index (χ2n) is 8.74. The minimum absolute atomic E-state index is 0.275. The SMILES string of the molecule is CC1C/C(=C(/c2ccc(O)cc2)c2ccc(/C=C/C(N)=O)cc2)CC(C)(C)C1. The fourth-order valence-electron chi connectivity index (χ4n) is 4.49. The second-order valence-corrected chi connectivity index (χ2v) is 8.74. The number of carbonyl (C=O) groups excluding carboxylic acids is 1. The molecule has 1 aliphatic carbocycles. The van der Waals surface area contributed by atoms with E-state index in [2.05, 4.69) is 32.9 Å². The van der Waals surface area contributed by atoms with Crippen LogP contribution in [0.2, 0.25) is 0 Å². The van der Waals surface area contributed by atoms with Gasteiger partial charge in [-0.05, 0) is 71.1 Å². The third-order valence-corrected chi connectivity index (χ3v) is 5.34. The number of hydrogen-bond acceptors (Lipinski definition) is 2. The number of phenolic OH excluding ortho intramolecular Hbond substituents is 1. The highest BCUT2D eigenvalue weighted by molar-refractivity contribution is 5.90. The lowest BCUT2D eigenvalue weighted by Crippen LogP contribution is -2.23. The Hall–Kier alpha value is -2.81. The summed E-state index contributed by atoms with van der Waals surface area (Å²) < 4.78 is 0. The van der Waals surface area contributed by atoms with E-state index in [1.165, 1.54) is 23.6 Å². The van der Waals surface area contributed by atoms with E-state index in [-0.39, 0.29) is 11.2 Å². The van der Waals surface area contributed by atoms with Gasteiger partial charge in [0.05, 0.1) is 0 Å². The van der Waals surface area contributed by atoms with Gasteiger partial charge in [0, 0.05) is 6.08 Å². The first-order chi connectivity index (χ1) is 13.2. The summed E-state index contributed by atoms with van der Waals surface area (Å²) in [6.07, 6.45) is 6.49. The standard InChI is InChI=1S/C25H29NO2/c1-17-14-21(16-25(2,3)15-17)24(20-9-11-22(27)12-10-20)19-7-4-18(5-8-19)6-13-23(26)28/h4-13,17,27H,14-16H2,1-3H3,(H2,26,28)/b13-6+,24-21-. The van der Waals surface area contributed by atoms with Crippen LogP contribution >= 0.6 is 0 Å². The van der Waals surface area contributed by atoms with Gasteiger partial charge in [0.1, 0.15) is 5.75 Å². The molecule has 1 unspecified atom stereocenters. The van der Waals surface area contributed by atoms with Crippen molar-refractivity contribution >= 4 is 17.6 Å². The molecule has 0 radical (unpaired) electrons. The normalized spacial score (nSPS) is 20.9. The number of benzene rings is 2. The Morgan fingerprint density at radius 1 is 1.07 bits per heavy atom. The van der Waals surface area contributed by atoms with Gasteiger partial charge in [-0.2, -0.15) is 0 Å². The van der Waals surface area contributed by atoms with Crippen molar-refractivity contribution in [3.05, 3.63) is 76.9 Å². The summed E-state index contributed by atoms with van der Waals surface area (Å²) in [4.78, 5) is 11.0. The quantitative estimate of drug-likeness (QED) is 0.689. The highest BCUT2D eigenvalue weighted by Crippen LogP contribution is 2.45. The lowest BCUT2D eigenvalue weighted by atomic mass is 9.68. The van der Waals surface area contributed by atoms with Gasteiger partial charge < -0.3 is 10.8 Å². The van der Waals surface area contributed by atoms with Crippen LogP contribution in [0.5, 0.6) is 5.75 Å². The van der Waals surface area contributed by atoms with Gasteiger partial charge in [-0.1, -0.05) is 62.7 Å². The van der Waals surface area contributed by atoms with Crippen molar-refractivity contribution in [1.29, 1.82) is 0 Å². The maximum Gasteiger partial charge on any atom is 0.241 e. The van der Waals surface area contributed by atoms with Crippen molar-refractivity contribution in [3.63, 3.8) is 0 Å². The molecule has 1 aliphatic rings. The molecule has 0 bridgehead atoms. The maximum absolute atomic E-state index is 11.0. The van der Waals surface area contributed by atoms with Crippen molar-refractivity contribution < 1.29 is 9.90 Å². The molecule has 2 aromatic carbocycles. The van der Waals surface area contributed by atoms with E-state index >= 15 is 0 Å². The van der Waals surface area contributed by atoms with Gasteiger partial charge >= 0.3 is 0 Å². The molecule has 3 N–H and O–H groups in total. The van der Waals surface area contributed by atoms with Gasteiger partial charge in [0.2, 0.25) is 5.91 Å². The average Bonchev–Trinajstić information content (AvgIpc) is 2.61. The summed E-state index contributed by atoms with van der Waals surface area (Å²) in [5.41, 5.74) is 11.4. The van der Waals surface area contributed by atoms with Crippen molar-refractivity contribution in [2.45, 2.75) is 40.0 Å². The number of primary amides is 1. The monoisotopic (exact) mass is 375 g/mol. The molecular weight excluding hydrogens is 346 g/mol. The Balaban J connectivity index is 2.08. The average molecular weight is 376 g/mol. The first-order valence-electron chi connectivity index (χ1n) is 9.83. The zero-order valence-corrected chi connectivity index (χ0v) is 16.9. The lowest BCUT2D eigenvalue weighted by Gasteiger charge is -2.37. The summed E-state index contributed by atoms with van der Waals surface area (Å²) in [6.45, 7) is 7.01. The van der Waals surface area contributed by atoms with Gasteiger partial charge in [-0.3, -0.25) is 4.79 Å². The molecule has 3 rings (SSSR count). The second kappa shape index (κ2) is 8.05. The summed E-state index contributed by atoms with van der Waals surface area (Å²) in [5.74, 6) is 0.468. The smallest absolute Gasteiger partial charge is 0.241 e. The molecule has 1 fully saturated rings. The number of rotatable bonds is 4. The number of aromatic hydroxyl groups is 1. The van der Waals surface area contributed by atoms with Crippen LogP contribution in [-0.2, 0) is 4.79 Å². The van der Waals surface area contributed by atoms with Crippen LogP contribution in [0.15, 0.2) is 60.2 Å². The van der Waals surface area contributed by atoms with Crippen molar-refractivity contribution in [3.8, 4) is 5.75 Å². The number of amides is 1. The molecule has 0 aromatic heterocycles. The molecule has 3 heteroatoms. The van der Waals surface area contributed by atoms with Crippen molar-refractivity contribution in [1.82, 2.24) is 0 Å². The maximum atomic E-state index is 11.0. The number of carbonyl (C=O) groups is 1. The van der Waals surface area contributed by atoms with Gasteiger partial charge in [0.15, 0.2) is 0 Å². The van der Waals surface area contributed by atoms with Crippen LogP contribution < -0.4 is 5.73 Å². The Morgan fingerprint density at radius 3 is 2.18 bits per heavy atom. The zero-order valence-electron chi connectivity index (χ0n) is 16.9. The largest absolute Gasteiger partial charge is 0.508 e. The minimum Gasteiger partial charge on any atom is -0.508 e. The number of phenols is 1. The van der Waals surface area contributed by atoms with E-state index in [9.17, 15) is 9.90 Å². The first kappa shape index (κ1) is 19.9. The van der Waals surface area contributed by atoms with Gasteiger partial charge in [-0.25, -0.2) is 0 Å². The summed E-state index contributed by atoms with van der Waals surface area (Å²) in [5, 5.41) is 9.72. The van der Waals surface area contributed by atoms with Crippen LogP contribution in [0.1, 0.15) is 56.7 Å². The van der Waals surface area contributed by atoms with E-state index in [0.29, 0.717) is 5.92 Å². The summed E-state index contributed by atoms with van der Waals surface area (Å²) in [7, 11) is 0. The fraction of sp³-hybridized carbons (Fsp3) is 0.320. The Kier molecular flexibility index (Phi) is 5.73. The van der Waals surface area contributed by atoms with E-state index in [4.69, 9.17) is 5.73 Å². The van der Waals surface area contributed by atoms with Gasteiger partial charge in [-0.15, -0.1) is 0 Å². The molecule has 0 heterocycles. The lowest BCUT2D eigenvalue weighted by molar-refractivity contribution is -0.113. The number of allylic oxidation sites excluding steroid dienone is 1. The van der Waals surface area contributed by atoms with Crippen molar-refractivity contribution in [2.75, 3.05) is 0 Å². The topological polar surface area (TPSA) is 63.3 Å². The molecular formula is C25H29NO2. The molecule has 1 amide bonds. The Labute approximate surface area is 167 Å². The predicted octanol–water partition coefficient (Wildman–Crippen LogP) is 5.54. The summed E-state index contributed by atoms with van der Waals surface area (Å²) >= 11 is 0. The van der Waals surface area contributed by atoms with E-state index < -0.39 is 5.91 Å². The molecule has 0 aliphatic heterocycles. The molecule has 0 spiro atoms. The first-order valence-corrected chi connectivity index (χ1v) is 9.83. The molecule has 3 nitrogen and oxygen atoms in total. The minimum atomic E-state index is -0.450. The van der Waals surface area contributed by atoms with Crippen LogP contribution in [0.4, 0.5) is 0 Å². The summed E-state index contributed by atoms with van der Waals surface area (Å²) in [6, 6.07) is 15.7. The van der Waals surface area contributed by atoms with Crippen LogP contribution in [0.25, 0.3) is 11.6 Å². The molecule has 1 atom stereocenters. The van der Waals surface area contributed by atoms with E-state index in [1.54, 1.807) is 18.2 Å². The van der Waals surface area contributed by atoms with Crippen LogP contribution in [-0.4, -0.2) is 11.0 Å². The third kappa shape index (κ3) is 4.92. The molecule has 1 saturated carbocycles.